The van der Waals surface area contributed by atoms with Crippen molar-refractivity contribution in [3.05, 3.63) is 54.6 Å². The Morgan fingerprint density at radius 3 is 2.50 bits per heavy atom. The van der Waals surface area contributed by atoms with Gasteiger partial charge >= 0.3 is 0 Å². The van der Waals surface area contributed by atoms with Gasteiger partial charge in [0.15, 0.2) is 0 Å². The summed E-state index contributed by atoms with van der Waals surface area (Å²) < 4.78 is 1.77. The van der Waals surface area contributed by atoms with E-state index in [9.17, 15) is 0 Å². The summed E-state index contributed by atoms with van der Waals surface area (Å²) in [6, 6.07) is 8.83. The molecule has 96 valence electrons. The summed E-state index contributed by atoms with van der Waals surface area (Å²) in [5, 5.41) is 3.37. The van der Waals surface area contributed by atoms with Gasteiger partial charge in [-0.1, -0.05) is 35.4 Å². The second-order valence-electron chi connectivity index (χ2n) is 4.35. The third kappa shape index (κ3) is 2.80. The van der Waals surface area contributed by atoms with Crippen molar-refractivity contribution >= 4 is 38.9 Å². The molecule has 0 saturated heterocycles. The molecule has 2 aromatic rings. The zero-order valence-electron chi connectivity index (χ0n) is 10.6. The molecule has 1 nitrogen and oxygen atoms in total. The zero-order chi connectivity index (χ0) is 13.3. The molecule has 0 bridgehead atoms. The maximum Gasteiger partial charge on any atom is 0.107 e. The molecule has 0 spiro atoms. The van der Waals surface area contributed by atoms with Crippen LogP contribution in [0.3, 0.4) is 0 Å². The quantitative estimate of drug-likeness (QED) is 0.818. The van der Waals surface area contributed by atoms with E-state index < -0.39 is 0 Å². The highest BCUT2D eigenvalue weighted by Gasteiger charge is 2.17. The van der Waals surface area contributed by atoms with Crippen LogP contribution in [-0.2, 0) is 0 Å². The van der Waals surface area contributed by atoms with Crippen LogP contribution in [0, 0.1) is 13.8 Å². The van der Waals surface area contributed by atoms with Crippen LogP contribution < -0.4 is 5.32 Å². The summed E-state index contributed by atoms with van der Waals surface area (Å²) >= 11 is 11.2. The molecule has 0 radical (unpaired) electrons. The van der Waals surface area contributed by atoms with Crippen LogP contribution >= 0.6 is 38.9 Å². The van der Waals surface area contributed by atoms with Crippen LogP contribution in [0.4, 0.5) is 0 Å². The van der Waals surface area contributed by atoms with E-state index in [-0.39, 0.29) is 6.04 Å². The summed E-state index contributed by atoms with van der Waals surface area (Å²) in [5.41, 5.74) is 3.89. The summed E-state index contributed by atoms with van der Waals surface area (Å²) in [7, 11) is 1.98. The summed E-state index contributed by atoms with van der Waals surface area (Å²) in [6.07, 6.45) is 0. The third-order valence-electron chi connectivity index (χ3n) is 2.97. The van der Waals surface area contributed by atoms with E-state index in [0.717, 1.165) is 8.81 Å². The second-order valence-corrected chi connectivity index (χ2v) is 6.89. The molecule has 1 aromatic carbocycles. The van der Waals surface area contributed by atoms with E-state index in [2.05, 4.69) is 59.4 Å². The highest BCUT2D eigenvalue weighted by atomic mass is 79.9. The van der Waals surface area contributed by atoms with Crippen molar-refractivity contribution in [1.82, 2.24) is 5.32 Å². The molecule has 0 aliphatic heterocycles. The number of rotatable bonds is 3. The van der Waals surface area contributed by atoms with Crippen LogP contribution in [0.5, 0.6) is 0 Å². The van der Waals surface area contributed by atoms with E-state index in [1.165, 1.54) is 21.6 Å². The van der Waals surface area contributed by atoms with Crippen LogP contribution in [0.15, 0.2) is 28.7 Å². The maximum atomic E-state index is 6.13. The van der Waals surface area contributed by atoms with Gasteiger partial charge in [-0.05, 0) is 54.0 Å². The van der Waals surface area contributed by atoms with Gasteiger partial charge in [-0.25, -0.2) is 0 Å². The van der Waals surface area contributed by atoms with Crippen molar-refractivity contribution in [1.29, 1.82) is 0 Å². The Balaban J connectivity index is 2.45. The average molecular weight is 345 g/mol. The normalized spacial score (nSPS) is 12.7. The largest absolute Gasteiger partial charge is 0.309 e. The minimum atomic E-state index is 0.194. The van der Waals surface area contributed by atoms with Gasteiger partial charge in [-0.15, -0.1) is 11.3 Å². The Morgan fingerprint density at radius 2 is 2.00 bits per heavy atom. The van der Waals surface area contributed by atoms with Gasteiger partial charge in [0, 0.05) is 9.35 Å². The lowest BCUT2D eigenvalue weighted by molar-refractivity contribution is 0.699. The molecular weight excluding hydrogens is 330 g/mol. The van der Waals surface area contributed by atoms with E-state index in [4.69, 9.17) is 11.6 Å². The molecular formula is C14H15BrClNS. The number of hydrogen-bond donors (Lipinski definition) is 1. The first-order valence-electron chi connectivity index (χ1n) is 5.72. The molecule has 1 aromatic heterocycles. The van der Waals surface area contributed by atoms with Crippen LogP contribution in [0.2, 0.25) is 4.34 Å². The van der Waals surface area contributed by atoms with Gasteiger partial charge in [-0.3, -0.25) is 0 Å². The van der Waals surface area contributed by atoms with Crippen molar-refractivity contribution in [2.45, 2.75) is 19.9 Å². The standard InChI is InChI=1S/C14H15BrClNS/c1-8-4-5-10(9(2)6-8)13(17-3)12-7-11(15)14(16)18-12/h4-7,13,17H,1-3H3. The van der Waals surface area contributed by atoms with Crippen molar-refractivity contribution in [2.75, 3.05) is 7.05 Å². The number of benzene rings is 1. The van der Waals surface area contributed by atoms with Gasteiger partial charge < -0.3 is 5.32 Å². The second kappa shape index (κ2) is 5.74. The van der Waals surface area contributed by atoms with Crippen molar-refractivity contribution in [2.24, 2.45) is 0 Å². The van der Waals surface area contributed by atoms with Crippen LogP contribution in [0.1, 0.15) is 27.6 Å². The molecule has 0 aliphatic rings. The smallest absolute Gasteiger partial charge is 0.107 e. The fourth-order valence-electron chi connectivity index (χ4n) is 2.11. The first-order valence-corrected chi connectivity index (χ1v) is 7.71. The van der Waals surface area contributed by atoms with Crippen molar-refractivity contribution in [3.63, 3.8) is 0 Å². The molecule has 18 heavy (non-hydrogen) atoms. The Kier molecular flexibility index (Phi) is 4.49. The number of nitrogens with one attached hydrogen (secondary N) is 1. The summed E-state index contributed by atoms with van der Waals surface area (Å²) in [6.45, 7) is 4.26. The Morgan fingerprint density at radius 1 is 1.28 bits per heavy atom. The van der Waals surface area contributed by atoms with Crippen LogP contribution in [0.25, 0.3) is 0 Å². The highest BCUT2D eigenvalue weighted by molar-refractivity contribution is 9.10. The zero-order valence-corrected chi connectivity index (χ0v) is 13.7. The number of aryl methyl sites for hydroxylation is 2. The van der Waals surface area contributed by atoms with E-state index in [0.29, 0.717) is 0 Å². The van der Waals surface area contributed by atoms with Gasteiger partial charge in [0.25, 0.3) is 0 Å². The van der Waals surface area contributed by atoms with Crippen LogP contribution in [-0.4, -0.2) is 7.05 Å². The topological polar surface area (TPSA) is 12.0 Å². The minimum absolute atomic E-state index is 0.194. The maximum absolute atomic E-state index is 6.13. The van der Waals surface area contributed by atoms with Crippen molar-refractivity contribution < 1.29 is 0 Å². The van der Waals surface area contributed by atoms with Gasteiger partial charge in [-0.2, -0.15) is 0 Å². The van der Waals surface area contributed by atoms with Gasteiger partial charge in [0.1, 0.15) is 4.34 Å². The Labute approximate surface area is 125 Å². The third-order valence-corrected chi connectivity index (χ3v) is 5.51. The molecule has 0 fully saturated rings. The number of halogens is 2. The molecule has 1 atom stereocenters. The summed E-state index contributed by atoms with van der Waals surface area (Å²) in [4.78, 5) is 1.22. The lowest BCUT2D eigenvalue weighted by Gasteiger charge is -2.18. The monoisotopic (exact) mass is 343 g/mol. The number of thiophene rings is 1. The van der Waals surface area contributed by atoms with Gasteiger partial charge in [0.2, 0.25) is 0 Å². The fraction of sp³-hybridized carbons (Fsp3) is 0.286. The Hall–Kier alpha value is -0.350. The predicted molar refractivity (Wildman–Crippen MR) is 83.8 cm³/mol. The molecule has 4 heteroatoms. The lowest BCUT2D eigenvalue weighted by atomic mass is 9.98. The average Bonchev–Trinajstić information content (AvgIpc) is 2.63. The molecule has 1 unspecified atom stereocenters. The molecule has 2 rings (SSSR count). The lowest BCUT2D eigenvalue weighted by Crippen LogP contribution is -2.17. The first kappa shape index (κ1) is 14.1. The molecule has 0 saturated carbocycles. The van der Waals surface area contributed by atoms with E-state index >= 15 is 0 Å². The van der Waals surface area contributed by atoms with E-state index in [1.54, 1.807) is 11.3 Å². The van der Waals surface area contributed by atoms with E-state index in [1.807, 2.05) is 7.05 Å². The van der Waals surface area contributed by atoms with Gasteiger partial charge in [0.05, 0.1) is 6.04 Å². The molecule has 0 amide bonds. The number of hydrogen-bond acceptors (Lipinski definition) is 2. The molecule has 1 N–H and O–H groups in total. The molecule has 1 heterocycles. The highest BCUT2D eigenvalue weighted by Crippen LogP contribution is 2.37. The first-order chi connectivity index (χ1) is 8.52. The van der Waals surface area contributed by atoms with Crippen molar-refractivity contribution in [3.8, 4) is 0 Å². The SMILES string of the molecule is CNC(c1cc(Br)c(Cl)s1)c1ccc(C)cc1C. The Bertz CT molecular complexity index is 545. The fourth-order valence-corrected chi connectivity index (χ4v) is 3.97. The summed E-state index contributed by atoms with van der Waals surface area (Å²) in [5.74, 6) is 0. The molecule has 0 aliphatic carbocycles. The minimum Gasteiger partial charge on any atom is -0.309 e. The predicted octanol–water partition coefficient (Wildman–Crippen LogP) is 5.09.